The molecule has 1 fully saturated rings. The Balaban J connectivity index is 1.55. The number of sulfonamides is 2. The van der Waals surface area contributed by atoms with Crippen molar-refractivity contribution in [3.05, 3.63) is 77.4 Å². The molecular weight excluding hydrogens is 531 g/mol. The highest BCUT2D eigenvalue weighted by molar-refractivity contribution is 7.98. The van der Waals surface area contributed by atoms with E-state index in [1.165, 1.54) is 48.2 Å². The molecule has 4 rings (SSSR count). The van der Waals surface area contributed by atoms with E-state index in [0.717, 1.165) is 24.0 Å². The molecule has 0 aliphatic carbocycles. The van der Waals surface area contributed by atoms with Crippen molar-refractivity contribution in [1.29, 1.82) is 0 Å². The molecule has 0 spiro atoms. The lowest BCUT2D eigenvalue weighted by atomic mass is 10.1. The molecule has 3 aromatic rings. The van der Waals surface area contributed by atoms with Crippen molar-refractivity contribution in [2.24, 2.45) is 0 Å². The second-order valence-electron chi connectivity index (χ2n) is 8.86. The second-order valence-corrected chi connectivity index (χ2v) is 13.1. The third kappa shape index (κ3) is 5.94. The molecule has 2 N–H and O–H groups in total. The van der Waals surface area contributed by atoms with Gasteiger partial charge in [-0.1, -0.05) is 18.2 Å². The van der Waals surface area contributed by atoms with Crippen molar-refractivity contribution >= 4 is 49.1 Å². The van der Waals surface area contributed by atoms with Crippen LogP contribution in [0.1, 0.15) is 34.3 Å². The molecule has 1 heterocycles. The first-order chi connectivity index (χ1) is 17.5. The maximum Gasteiger partial charge on any atom is 0.261 e. The van der Waals surface area contributed by atoms with E-state index in [4.69, 9.17) is 0 Å². The van der Waals surface area contributed by atoms with Crippen LogP contribution in [-0.2, 0) is 20.0 Å². The average molecular weight is 560 g/mol. The zero-order valence-electron chi connectivity index (χ0n) is 20.8. The van der Waals surface area contributed by atoms with Crippen molar-refractivity contribution in [2.45, 2.75) is 41.4 Å². The Bertz CT molecular complexity index is 1510. The van der Waals surface area contributed by atoms with Crippen LogP contribution in [0.3, 0.4) is 0 Å². The van der Waals surface area contributed by atoms with Crippen LogP contribution in [0.25, 0.3) is 0 Å². The molecule has 1 saturated heterocycles. The monoisotopic (exact) mass is 559 g/mol. The van der Waals surface area contributed by atoms with E-state index in [9.17, 15) is 21.6 Å². The molecule has 0 atom stereocenters. The fourth-order valence-corrected chi connectivity index (χ4v) is 7.05. The lowest BCUT2D eigenvalue weighted by Gasteiger charge is -2.18. The smallest absolute Gasteiger partial charge is 0.261 e. The van der Waals surface area contributed by atoms with E-state index < -0.39 is 20.0 Å². The molecule has 11 heteroatoms. The van der Waals surface area contributed by atoms with E-state index in [2.05, 4.69) is 9.44 Å². The topological polar surface area (TPSA) is 113 Å². The van der Waals surface area contributed by atoms with Crippen LogP contribution >= 0.6 is 11.8 Å². The first-order valence-corrected chi connectivity index (χ1v) is 15.9. The van der Waals surface area contributed by atoms with Gasteiger partial charge in [0.15, 0.2) is 0 Å². The molecule has 0 unspecified atom stereocenters. The Morgan fingerprint density at radius 2 is 1.38 bits per heavy atom. The number of rotatable bonds is 8. The second kappa shape index (κ2) is 10.8. The van der Waals surface area contributed by atoms with Gasteiger partial charge in [0.25, 0.3) is 26.0 Å². The summed E-state index contributed by atoms with van der Waals surface area (Å²) in [6, 6.07) is 15.5. The molecular formula is C26H29N3O5S3. The summed E-state index contributed by atoms with van der Waals surface area (Å²) in [5.41, 5.74) is 2.66. The molecule has 37 heavy (non-hydrogen) atoms. The Labute approximate surface area is 222 Å². The number of nitrogens with one attached hydrogen (secondary N) is 2. The van der Waals surface area contributed by atoms with Gasteiger partial charge >= 0.3 is 0 Å². The first kappa shape index (κ1) is 27.0. The van der Waals surface area contributed by atoms with Crippen LogP contribution in [-0.4, -0.2) is 47.0 Å². The Kier molecular flexibility index (Phi) is 7.86. The number of para-hydroxylation sites is 1. The van der Waals surface area contributed by atoms with Gasteiger partial charge in [0.1, 0.15) is 0 Å². The molecule has 1 amide bonds. The van der Waals surface area contributed by atoms with Gasteiger partial charge in [0.05, 0.1) is 21.0 Å². The van der Waals surface area contributed by atoms with Gasteiger partial charge in [0, 0.05) is 23.7 Å². The van der Waals surface area contributed by atoms with Crippen LogP contribution in [0.15, 0.2) is 75.4 Å². The van der Waals surface area contributed by atoms with E-state index in [-0.39, 0.29) is 21.4 Å². The number of amides is 1. The van der Waals surface area contributed by atoms with E-state index in [0.29, 0.717) is 29.2 Å². The maximum absolute atomic E-state index is 13.1. The van der Waals surface area contributed by atoms with Crippen molar-refractivity contribution in [1.82, 2.24) is 4.90 Å². The number of benzene rings is 3. The lowest BCUT2D eigenvalue weighted by Crippen LogP contribution is -2.28. The number of carbonyl (C=O) groups excluding carboxylic acids is 1. The molecule has 1 aliphatic heterocycles. The predicted octanol–water partition coefficient (Wildman–Crippen LogP) is 4.86. The number of aryl methyl sites for hydroxylation is 2. The summed E-state index contributed by atoms with van der Waals surface area (Å²) >= 11 is 1.39. The van der Waals surface area contributed by atoms with Gasteiger partial charge in [0.2, 0.25) is 0 Å². The highest BCUT2D eigenvalue weighted by Gasteiger charge is 2.25. The van der Waals surface area contributed by atoms with Crippen LogP contribution in [0, 0.1) is 13.8 Å². The van der Waals surface area contributed by atoms with Crippen LogP contribution in [0.4, 0.5) is 11.4 Å². The normalized spacial score (nSPS) is 14.0. The molecule has 0 radical (unpaired) electrons. The Morgan fingerprint density at radius 1 is 0.811 bits per heavy atom. The van der Waals surface area contributed by atoms with Gasteiger partial charge in [-0.15, -0.1) is 11.8 Å². The number of likely N-dealkylation sites (tertiary alicyclic amines) is 1. The fraction of sp³-hybridized carbons (Fsp3) is 0.269. The molecule has 8 nitrogen and oxygen atoms in total. The van der Waals surface area contributed by atoms with Gasteiger partial charge < -0.3 is 4.90 Å². The molecule has 196 valence electrons. The SMILES string of the molecule is CSc1ccc(S(=O)(=O)Nc2ccc(S(=O)(=O)Nc3c(C)cccc3C)cc2)cc1C(=O)N1CCCC1. The van der Waals surface area contributed by atoms with Gasteiger partial charge in [-0.2, -0.15) is 0 Å². The summed E-state index contributed by atoms with van der Waals surface area (Å²) in [7, 11) is -7.89. The van der Waals surface area contributed by atoms with Crippen LogP contribution in [0.2, 0.25) is 0 Å². The number of carbonyl (C=O) groups is 1. The van der Waals surface area contributed by atoms with Gasteiger partial charge in [-0.3, -0.25) is 14.2 Å². The molecule has 0 aromatic heterocycles. The van der Waals surface area contributed by atoms with E-state index in [1.807, 2.05) is 38.3 Å². The molecule has 3 aromatic carbocycles. The van der Waals surface area contributed by atoms with Gasteiger partial charge in [-0.05, 0) is 86.5 Å². The number of hydrogen-bond acceptors (Lipinski definition) is 6. The van der Waals surface area contributed by atoms with E-state index in [1.54, 1.807) is 11.0 Å². The van der Waals surface area contributed by atoms with Crippen LogP contribution in [0.5, 0.6) is 0 Å². The number of anilines is 2. The quantitative estimate of drug-likeness (QED) is 0.381. The van der Waals surface area contributed by atoms with Crippen molar-refractivity contribution < 1.29 is 21.6 Å². The highest BCUT2D eigenvalue weighted by Crippen LogP contribution is 2.28. The summed E-state index contributed by atoms with van der Waals surface area (Å²) < 4.78 is 57.1. The number of nitrogens with zero attached hydrogens (tertiary/aromatic N) is 1. The van der Waals surface area contributed by atoms with Crippen LogP contribution < -0.4 is 9.44 Å². The first-order valence-electron chi connectivity index (χ1n) is 11.7. The minimum Gasteiger partial charge on any atom is -0.339 e. The molecule has 0 bridgehead atoms. The predicted molar refractivity (Wildman–Crippen MR) is 147 cm³/mol. The third-order valence-corrected chi connectivity index (χ3v) is 9.78. The van der Waals surface area contributed by atoms with Crippen molar-refractivity contribution in [3.8, 4) is 0 Å². The Morgan fingerprint density at radius 3 is 1.97 bits per heavy atom. The standard InChI is InChI=1S/C26H29N3O5S3/c1-18-7-6-8-19(2)25(18)28-36(31,32)21-11-9-20(10-12-21)27-37(33,34)22-13-14-24(35-3)23(17-22)26(30)29-15-4-5-16-29/h6-14,17,27-28H,4-5,15-16H2,1-3H3. The zero-order chi connectivity index (χ0) is 26.8. The Hall–Kier alpha value is -3.02. The van der Waals surface area contributed by atoms with E-state index >= 15 is 0 Å². The minimum atomic E-state index is -4.02. The highest BCUT2D eigenvalue weighted by atomic mass is 32.2. The summed E-state index contributed by atoms with van der Waals surface area (Å²) in [5, 5.41) is 0. The lowest BCUT2D eigenvalue weighted by molar-refractivity contribution is 0.0789. The van der Waals surface area contributed by atoms with Gasteiger partial charge in [-0.25, -0.2) is 16.8 Å². The fourth-order valence-electron chi connectivity index (χ4n) is 4.20. The van der Waals surface area contributed by atoms with Crippen molar-refractivity contribution in [3.63, 3.8) is 0 Å². The average Bonchev–Trinajstić information content (AvgIpc) is 3.41. The maximum atomic E-state index is 13.1. The largest absolute Gasteiger partial charge is 0.339 e. The summed E-state index contributed by atoms with van der Waals surface area (Å²) in [5.74, 6) is -0.176. The van der Waals surface area contributed by atoms with Crippen molar-refractivity contribution in [2.75, 3.05) is 28.8 Å². The minimum absolute atomic E-state index is 0.000852. The summed E-state index contributed by atoms with van der Waals surface area (Å²) in [6.45, 7) is 4.96. The number of hydrogen-bond donors (Lipinski definition) is 2. The number of thioether (sulfide) groups is 1. The summed E-state index contributed by atoms with van der Waals surface area (Å²) in [4.78, 5) is 15.4. The summed E-state index contributed by atoms with van der Waals surface area (Å²) in [6.07, 6.45) is 3.71. The molecule has 1 aliphatic rings. The zero-order valence-corrected chi connectivity index (χ0v) is 23.3. The third-order valence-electron chi connectivity index (χ3n) is 6.24. The molecule has 0 saturated carbocycles.